The third-order valence-electron chi connectivity index (χ3n) is 3.06. The van der Waals surface area contributed by atoms with Crippen molar-refractivity contribution in [3.05, 3.63) is 29.3 Å². The van der Waals surface area contributed by atoms with Crippen LogP contribution in [0.1, 0.15) is 17.5 Å². The molecule has 0 spiro atoms. The third kappa shape index (κ3) is 2.42. The Kier molecular flexibility index (Phi) is 3.25. The number of hydrogen-bond donors (Lipinski definition) is 1. The average molecular weight is 219 g/mol. The first-order valence-electron chi connectivity index (χ1n) is 5.60. The highest BCUT2D eigenvalue weighted by Crippen LogP contribution is 2.20. The smallest absolute Gasteiger partial charge is 0.224 e. The lowest BCUT2D eigenvalue weighted by molar-refractivity contribution is -0.121. The van der Waals surface area contributed by atoms with E-state index in [1.807, 2.05) is 32.0 Å². The van der Waals surface area contributed by atoms with E-state index in [1.54, 1.807) is 0 Å². The topological polar surface area (TPSA) is 38.3 Å². The third-order valence-corrected chi connectivity index (χ3v) is 3.06. The van der Waals surface area contributed by atoms with E-state index in [-0.39, 0.29) is 5.91 Å². The fraction of sp³-hybridized carbons (Fsp3) is 0.462. The van der Waals surface area contributed by atoms with E-state index in [0.717, 1.165) is 24.5 Å². The SMILES string of the molecule is Cc1cccc(NC(=O)CC2COC2)c1C. The maximum atomic E-state index is 11.7. The average Bonchev–Trinajstić information content (AvgIpc) is 2.19. The second-order valence-corrected chi connectivity index (χ2v) is 4.40. The minimum absolute atomic E-state index is 0.0852. The van der Waals surface area contributed by atoms with Crippen LogP contribution in [-0.4, -0.2) is 19.1 Å². The molecule has 0 radical (unpaired) electrons. The van der Waals surface area contributed by atoms with E-state index in [4.69, 9.17) is 4.74 Å². The summed E-state index contributed by atoms with van der Waals surface area (Å²) in [6.07, 6.45) is 0.563. The number of anilines is 1. The van der Waals surface area contributed by atoms with E-state index in [9.17, 15) is 4.79 Å². The van der Waals surface area contributed by atoms with Gasteiger partial charge in [-0.05, 0) is 31.0 Å². The van der Waals surface area contributed by atoms with Gasteiger partial charge in [0, 0.05) is 18.0 Å². The molecule has 0 bridgehead atoms. The number of amides is 1. The van der Waals surface area contributed by atoms with Crippen molar-refractivity contribution in [3.63, 3.8) is 0 Å². The Hall–Kier alpha value is -1.35. The van der Waals surface area contributed by atoms with Crippen molar-refractivity contribution in [2.24, 2.45) is 5.92 Å². The summed E-state index contributed by atoms with van der Waals surface area (Å²) in [6, 6.07) is 5.95. The summed E-state index contributed by atoms with van der Waals surface area (Å²) in [4.78, 5) is 11.7. The van der Waals surface area contributed by atoms with Gasteiger partial charge in [0.05, 0.1) is 13.2 Å². The van der Waals surface area contributed by atoms with Gasteiger partial charge in [0.25, 0.3) is 0 Å². The molecular weight excluding hydrogens is 202 g/mol. The zero-order chi connectivity index (χ0) is 11.5. The van der Waals surface area contributed by atoms with Gasteiger partial charge in [-0.25, -0.2) is 0 Å². The largest absolute Gasteiger partial charge is 0.381 e. The van der Waals surface area contributed by atoms with E-state index in [0.29, 0.717) is 12.3 Å². The minimum atomic E-state index is 0.0852. The van der Waals surface area contributed by atoms with Crippen LogP contribution in [0.2, 0.25) is 0 Å². The molecule has 1 aliphatic rings. The standard InChI is InChI=1S/C13H17NO2/c1-9-4-3-5-12(10(9)2)14-13(15)6-11-7-16-8-11/h3-5,11H,6-8H2,1-2H3,(H,14,15). The predicted molar refractivity (Wildman–Crippen MR) is 63.5 cm³/mol. The number of hydrogen-bond acceptors (Lipinski definition) is 2. The van der Waals surface area contributed by atoms with Gasteiger partial charge >= 0.3 is 0 Å². The van der Waals surface area contributed by atoms with Crippen molar-refractivity contribution >= 4 is 11.6 Å². The van der Waals surface area contributed by atoms with Crippen molar-refractivity contribution < 1.29 is 9.53 Å². The molecule has 1 amide bonds. The van der Waals surface area contributed by atoms with E-state index < -0.39 is 0 Å². The number of carbonyl (C=O) groups excluding carboxylic acids is 1. The summed E-state index contributed by atoms with van der Waals surface area (Å²) in [5.74, 6) is 0.493. The highest BCUT2D eigenvalue weighted by atomic mass is 16.5. The molecule has 1 aromatic rings. The van der Waals surface area contributed by atoms with Crippen LogP contribution in [0.4, 0.5) is 5.69 Å². The Morgan fingerprint density at radius 2 is 2.19 bits per heavy atom. The van der Waals surface area contributed by atoms with Crippen LogP contribution in [-0.2, 0) is 9.53 Å². The Morgan fingerprint density at radius 1 is 1.44 bits per heavy atom. The van der Waals surface area contributed by atoms with Gasteiger partial charge in [0.15, 0.2) is 0 Å². The van der Waals surface area contributed by atoms with Crippen LogP contribution in [0.3, 0.4) is 0 Å². The van der Waals surface area contributed by atoms with Gasteiger partial charge in [-0.15, -0.1) is 0 Å². The van der Waals surface area contributed by atoms with Gasteiger partial charge in [-0.2, -0.15) is 0 Å². The molecule has 1 N–H and O–H groups in total. The van der Waals surface area contributed by atoms with Crippen molar-refractivity contribution in [1.82, 2.24) is 0 Å². The van der Waals surface area contributed by atoms with Gasteiger partial charge < -0.3 is 10.1 Å². The highest BCUT2D eigenvalue weighted by molar-refractivity contribution is 5.91. The number of nitrogens with one attached hydrogen (secondary N) is 1. The summed E-state index contributed by atoms with van der Waals surface area (Å²) >= 11 is 0. The molecule has 16 heavy (non-hydrogen) atoms. The number of ether oxygens (including phenoxy) is 1. The van der Waals surface area contributed by atoms with Crippen molar-refractivity contribution in [2.75, 3.05) is 18.5 Å². The molecule has 0 atom stereocenters. The predicted octanol–water partition coefficient (Wildman–Crippen LogP) is 2.28. The van der Waals surface area contributed by atoms with Crippen LogP contribution >= 0.6 is 0 Å². The van der Waals surface area contributed by atoms with E-state index in [2.05, 4.69) is 5.32 Å². The summed E-state index contributed by atoms with van der Waals surface area (Å²) < 4.78 is 5.05. The van der Waals surface area contributed by atoms with Gasteiger partial charge in [0.2, 0.25) is 5.91 Å². The summed E-state index contributed by atoms with van der Waals surface area (Å²) in [5, 5.41) is 2.96. The maximum absolute atomic E-state index is 11.7. The lowest BCUT2D eigenvalue weighted by atomic mass is 10.0. The molecule has 3 heteroatoms. The van der Waals surface area contributed by atoms with Crippen molar-refractivity contribution in [3.8, 4) is 0 Å². The molecule has 1 heterocycles. The second-order valence-electron chi connectivity index (χ2n) is 4.40. The minimum Gasteiger partial charge on any atom is -0.381 e. The molecule has 1 aromatic carbocycles. The highest BCUT2D eigenvalue weighted by Gasteiger charge is 2.21. The molecule has 2 rings (SSSR count). The summed E-state index contributed by atoms with van der Waals surface area (Å²) in [6.45, 7) is 5.52. The van der Waals surface area contributed by atoms with Crippen LogP contribution in [0, 0.1) is 19.8 Å². The molecular formula is C13H17NO2. The van der Waals surface area contributed by atoms with Gasteiger partial charge in [-0.3, -0.25) is 4.79 Å². The Labute approximate surface area is 95.8 Å². The van der Waals surface area contributed by atoms with E-state index in [1.165, 1.54) is 5.56 Å². The summed E-state index contributed by atoms with van der Waals surface area (Å²) in [7, 11) is 0. The molecule has 0 unspecified atom stereocenters. The number of carbonyl (C=O) groups is 1. The molecule has 1 aliphatic heterocycles. The number of rotatable bonds is 3. The molecule has 0 aromatic heterocycles. The molecule has 86 valence electrons. The van der Waals surface area contributed by atoms with Gasteiger partial charge in [0.1, 0.15) is 0 Å². The summed E-state index contributed by atoms with van der Waals surface area (Å²) in [5.41, 5.74) is 3.26. The first-order valence-corrected chi connectivity index (χ1v) is 5.60. The molecule has 1 fully saturated rings. The number of aryl methyl sites for hydroxylation is 1. The Balaban J connectivity index is 1.97. The molecule has 0 saturated carbocycles. The van der Waals surface area contributed by atoms with Crippen molar-refractivity contribution in [1.29, 1.82) is 0 Å². The lowest BCUT2D eigenvalue weighted by Crippen LogP contribution is -2.31. The van der Waals surface area contributed by atoms with Crippen LogP contribution < -0.4 is 5.32 Å². The monoisotopic (exact) mass is 219 g/mol. The van der Waals surface area contributed by atoms with Crippen molar-refractivity contribution in [2.45, 2.75) is 20.3 Å². The number of benzene rings is 1. The quantitative estimate of drug-likeness (QED) is 0.847. The van der Waals surface area contributed by atoms with Crippen LogP contribution in [0.25, 0.3) is 0 Å². The van der Waals surface area contributed by atoms with Gasteiger partial charge in [-0.1, -0.05) is 12.1 Å². The molecule has 3 nitrogen and oxygen atoms in total. The first-order chi connectivity index (χ1) is 7.66. The van der Waals surface area contributed by atoms with Crippen LogP contribution in [0.15, 0.2) is 18.2 Å². The normalized spacial score (nSPS) is 15.6. The van der Waals surface area contributed by atoms with Crippen LogP contribution in [0.5, 0.6) is 0 Å². The maximum Gasteiger partial charge on any atom is 0.224 e. The Bertz CT molecular complexity index is 397. The zero-order valence-corrected chi connectivity index (χ0v) is 9.75. The van der Waals surface area contributed by atoms with E-state index >= 15 is 0 Å². The zero-order valence-electron chi connectivity index (χ0n) is 9.75. The fourth-order valence-electron chi connectivity index (χ4n) is 1.75. The second kappa shape index (κ2) is 4.66. The molecule has 1 saturated heterocycles. The first kappa shape index (κ1) is 11.1. The Morgan fingerprint density at radius 3 is 2.81 bits per heavy atom. The fourth-order valence-corrected chi connectivity index (χ4v) is 1.75. The molecule has 0 aliphatic carbocycles. The lowest BCUT2D eigenvalue weighted by Gasteiger charge is -2.25.